The van der Waals surface area contributed by atoms with Crippen molar-refractivity contribution < 1.29 is 9.53 Å². The van der Waals surface area contributed by atoms with Gasteiger partial charge in [-0.3, -0.25) is 4.79 Å². The molecule has 2 saturated heterocycles. The van der Waals surface area contributed by atoms with Crippen molar-refractivity contribution in [2.75, 3.05) is 57.8 Å². The number of rotatable bonds is 6. The monoisotopic (exact) mass is 343 g/mol. The van der Waals surface area contributed by atoms with Gasteiger partial charge < -0.3 is 19.9 Å². The first kappa shape index (κ1) is 17.6. The lowest BCUT2D eigenvalue weighted by molar-refractivity contribution is -0.135. The van der Waals surface area contributed by atoms with Crippen molar-refractivity contribution >= 4 is 11.7 Å². The van der Waals surface area contributed by atoms with Crippen LogP contribution in [0.1, 0.15) is 18.4 Å². The van der Waals surface area contributed by atoms with Crippen molar-refractivity contribution in [2.24, 2.45) is 5.92 Å². The Morgan fingerprint density at radius 2 is 2.20 bits per heavy atom. The number of carbonyl (C=O) groups excluding carboxylic acids is 1. The smallest absolute Gasteiger partial charge is 0.224 e. The van der Waals surface area contributed by atoms with E-state index in [1.807, 2.05) is 11.0 Å². The van der Waals surface area contributed by atoms with Crippen LogP contribution in [0.25, 0.3) is 0 Å². The summed E-state index contributed by atoms with van der Waals surface area (Å²) in [7, 11) is 0. The Labute approximate surface area is 148 Å². The summed E-state index contributed by atoms with van der Waals surface area (Å²) in [4.78, 5) is 20.7. The first-order valence-electron chi connectivity index (χ1n) is 8.92. The van der Waals surface area contributed by atoms with Gasteiger partial charge in [0.1, 0.15) is 11.9 Å². The number of carbonyl (C=O) groups is 1. The van der Waals surface area contributed by atoms with Crippen molar-refractivity contribution in [1.29, 1.82) is 5.26 Å². The Kier molecular flexibility index (Phi) is 6.20. The van der Waals surface area contributed by atoms with Crippen LogP contribution >= 0.6 is 0 Å². The number of aromatic nitrogens is 1. The van der Waals surface area contributed by atoms with E-state index in [0.717, 1.165) is 51.5 Å². The Hall–Kier alpha value is -2.17. The number of nitriles is 1. The summed E-state index contributed by atoms with van der Waals surface area (Å²) in [5, 5.41) is 12.1. The number of hydrogen-bond acceptors (Lipinski definition) is 6. The highest BCUT2D eigenvalue weighted by Crippen LogP contribution is 2.17. The van der Waals surface area contributed by atoms with Crippen molar-refractivity contribution in [2.45, 2.75) is 12.8 Å². The molecule has 134 valence electrons. The summed E-state index contributed by atoms with van der Waals surface area (Å²) in [6, 6.07) is 5.68. The second kappa shape index (κ2) is 8.79. The number of amides is 1. The molecule has 2 aliphatic rings. The van der Waals surface area contributed by atoms with E-state index in [1.54, 1.807) is 12.3 Å². The highest BCUT2D eigenvalue weighted by Gasteiger charge is 2.24. The summed E-state index contributed by atoms with van der Waals surface area (Å²) >= 11 is 0. The van der Waals surface area contributed by atoms with Gasteiger partial charge in [-0.15, -0.1) is 0 Å². The number of likely N-dealkylation sites (tertiary alicyclic amines) is 1. The van der Waals surface area contributed by atoms with Crippen molar-refractivity contribution in [3.63, 3.8) is 0 Å². The number of ether oxygens (including phenoxy) is 1. The van der Waals surface area contributed by atoms with E-state index in [2.05, 4.69) is 21.3 Å². The summed E-state index contributed by atoms with van der Waals surface area (Å²) < 4.78 is 5.29. The lowest BCUT2D eigenvalue weighted by Crippen LogP contribution is -2.41. The lowest BCUT2D eigenvalue weighted by Gasteiger charge is -2.27. The minimum atomic E-state index is 0.242. The average molecular weight is 343 g/mol. The molecule has 1 N–H and O–H groups in total. The van der Waals surface area contributed by atoms with Crippen LogP contribution in [-0.2, 0) is 9.53 Å². The van der Waals surface area contributed by atoms with Crippen molar-refractivity contribution in [3.05, 3.63) is 23.9 Å². The second-order valence-electron chi connectivity index (χ2n) is 6.62. The molecule has 0 aliphatic carbocycles. The first-order valence-corrected chi connectivity index (χ1v) is 8.92. The summed E-state index contributed by atoms with van der Waals surface area (Å²) in [6.45, 7) is 6.53. The van der Waals surface area contributed by atoms with Gasteiger partial charge >= 0.3 is 0 Å². The Balaban J connectivity index is 1.35. The largest absolute Gasteiger partial charge is 0.378 e. The van der Waals surface area contributed by atoms with E-state index in [9.17, 15) is 4.79 Å². The van der Waals surface area contributed by atoms with Gasteiger partial charge in [-0.2, -0.15) is 5.26 Å². The van der Waals surface area contributed by atoms with E-state index < -0.39 is 0 Å². The van der Waals surface area contributed by atoms with E-state index >= 15 is 0 Å². The maximum Gasteiger partial charge on any atom is 0.224 e. The average Bonchev–Trinajstić information content (AvgIpc) is 3.13. The van der Waals surface area contributed by atoms with Gasteiger partial charge in [-0.05, 0) is 31.0 Å². The first-order chi connectivity index (χ1) is 12.2. The summed E-state index contributed by atoms with van der Waals surface area (Å²) in [5.41, 5.74) is 0.572. The van der Waals surface area contributed by atoms with Gasteiger partial charge in [0.05, 0.1) is 18.8 Å². The topological polar surface area (TPSA) is 81.5 Å². The number of nitrogens with one attached hydrogen (secondary N) is 1. The molecule has 0 saturated carbocycles. The lowest BCUT2D eigenvalue weighted by atomic mass is 10.1. The highest BCUT2D eigenvalue weighted by molar-refractivity contribution is 5.76. The van der Waals surface area contributed by atoms with E-state index in [1.165, 1.54) is 0 Å². The third kappa shape index (κ3) is 5.15. The molecule has 1 aromatic rings. The Morgan fingerprint density at radius 3 is 2.92 bits per heavy atom. The molecular weight excluding hydrogens is 318 g/mol. The number of nitrogens with zero attached hydrogens (tertiary/aromatic N) is 4. The predicted octanol–water partition coefficient (Wildman–Crippen LogP) is 0.936. The molecule has 2 aliphatic heterocycles. The van der Waals surface area contributed by atoms with Crippen LogP contribution in [0.15, 0.2) is 18.3 Å². The van der Waals surface area contributed by atoms with Crippen molar-refractivity contribution in [3.8, 4) is 6.07 Å². The van der Waals surface area contributed by atoms with Crippen LogP contribution in [0.3, 0.4) is 0 Å². The quantitative estimate of drug-likeness (QED) is 0.828. The number of hydrogen-bond donors (Lipinski definition) is 1. The molecule has 0 radical (unpaired) electrons. The molecule has 2 fully saturated rings. The normalized spacial score (nSPS) is 21.1. The van der Waals surface area contributed by atoms with E-state index in [4.69, 9.17) is 10.00 Å². The van der Waals surface area contributed by atoms with Gasteiger partial charge in [-0.1, -0.05) is 0 Å². The fraction of sp³-hybridized carbons (Fsp3) is 0.611. The van der Waals surface area contributed by atoms with Gasteiger partial charge in [-0.25, -0.2) is 4.98 Å². The molecule has 1 unspecified atom stereocenters. The molecule has 0 aromatic carbocycles. The molecule has 7 nitrogen and oxygen atoms in total. The highest BCUT2D eigenvalue weighted by atomic mass is 16.5. The zero-order valence-corrected chi connectivity index (χ0v) is 14.5. The minimum absolute atomic E-state index is 0.242. The fourth-order valence-electron chi connectivity index (χ4n) is 3.32. The van der Waals surface area contributed by atoms with Gasteiger partial charge in [0, 0.05) is 45.3 Å². The minimum Gasteiger partial charge on any atom is -0.378 e. The number of morpholine rings is 1. The Bertz CT molecular complexity index is 607. The van der Waals surface area contributed by atoms with Gasteiger partial charge in [0.25, 0.3) is 0 Å². The zero-order valence-electron chi connectivity index (χ0n) is 14.5. The molecule has 1 amide bonds. The van der Waals surface area contributed by atoms with Crippen LogP contribution in [0.5, 0.6) is 0 Å². The molecule has 0 spiro atoms. The molecule has 1 atom stereocenters. The van der Waals surface area contributed by atoms with Crippen LogP contribution < -0.4 is 5.32 Å². The maximum atomic E-state index is 12.2. The molecule has 0 bridgehead atoms. The zero-order chi connectivity index (χ0) is 17.5. The van der Waals surface area contributed by atoms with E-state index in [0.29, 0.717) is 31.1 Å². The van der Waals surface area contributed by atoms with Gasteiger partial charge in [0.15, 0.2) is 0 Å². The molecule has 3 heterocycles. The molecular formula is C18H25N5O2. The maximum absolute atomic E-state index is 12.2. The fourth-order valence-corrected chi connectivity index (χ4v) is 3.32. The van der Waals surface area contributed by atoms with E-state index in [-0.39, 0.29) is 5.91 Å². The Morgan fingerprint density at radius 1 is 1.36 bits per heavy atom. The molecule has 1 aromatic heterocycles. The SMILES string of the molecule is N#Cc1ccc(NCC2CCN(CCC(=O)N3CCOCC3)C2)nc1. The standard InChI is InChI=1S/C18H25N5O2/c19-11-15-1-2-17(20-12-15)21-13-16-3-5-22(14-16)6-4-18(24)23-7-9-25-10-8-23/h1-2,12,16H,3-10,13-14H2,(H,20,21). The summed E-state index contributed by atoms with van der Waals surface area (Å²) in [5.74, 6) is 1.61. The number of anilines is 1. The van der Waals surface area contributed by atoms with Crippen molar-refractivity contribution in [1.82, 2.24) is 14.8 Å². The number of pyridine rings is 1. The molecule has 7 heteroatoms. The molecule has 25 heavy (non-hydrogen) atoms. The van der Waals surface area contributed by atoms with Crippen LogP contribution in [0, 0.1) is 17.2 Å². The third-order valence-corrected chi connectivity index (χ3v) is 4.84. The summed E-state index contributed by atoms with van der Waals surface area (Å²) in [6.07, 6.45) is 3.31. The van der Waals surface area contributed by atoms with Crippen LogP contribution in [-0.4, -0.2) is 73.2 Å². The van der Waals surface area contributed by atoms with Gasteiger partial charge in [0.2, 0.25) is 5.91 Å². The third-order valence-electron chi connectivity index (χ3n) is 4.84. The second-order valence-corrected chi connectivity index (χ2v) is 6.62. The molecule has 3 rings (SSSR count). The predicted molar refractivity (Wildman–Crippen MR) is 94.0 cm³/mol. The van der Waals surface area contributed by atoms with Crippen LogP contribution in [0.4, 0.5) is 5.82 Å². The van der Waals surface area contributed by atoms with Crippen LogP contribution in [0.2, 0.25) is 0 Å².